The zero-order valence-electron chi connectivity index (χ0n) is 74.3. The summed E-state index contributed by atoms with van der Waals surface area (Å²) in [5.41, 5.74) is 13.7. The minimum Gasteiger partial charge on any atom is -0.489 e. The molecule has 1 aliphatic heterocycles. The maximum absolute atomic E-state index is 6.96. The van der Waals surface area contributed by atoms with E-state index in [1.165, 1.54) is 0 Å². The van der Waals surface area contributed by atoms with Crippen molar-refractivity contribution >= 4 is 0 Å². The molecule has 1 atom stereocenters. The van der Waals surface area contributed by atoms with E-state index in [9.17, 15) is 0 Å². The lowest BCUT2D eigenvalue weighted by Gasteiger charge is -2.20. The van der Waals surface area contributed by atoms with Crippen LogP contribution < -0.4 is 66.3 Å². The van der Waals surface area contributed by atoms with Gasteiger partial charge in [-0.15, -0.1) is 0 Å². The first-order valence-corrected chi connectivity index (χ1v) is 44.8. The van der Waals surface area contributed by atoms with Crippen LogP contribution in [0.4, 0.5) is 0 Å². The van der Waals surface area contributed by atoms with Gasteiger partial charge in [0.25, 0.3) is 0 Å². The molecular formula is C114H108O19. The predicted molar refractivity (Wildman–Crippen MR) is 509 cm³/mol. The highest BCUT2D eigenvalue weighted by Gasteiger charge is 2.19. The Morgan fingerprint density at radius 3 is 0.489 bits per heavy atom. The Balaban J connectivity index is 0.704. The molecule has 1 heterocycles. The van der Waals surface area contributed by atoms with E-state index in [1.807, 2.05) is 370 Å². The van der Waals surface area contributed by atoms with Crippen LogP contribution in [0.5, 0.6) is 80.5 Å². The summed E-state index contributed by atoms with van der Waals surface area (Å²) in [4.78, 5) is 0. The lowest BCUT2D eigenvalue weighted by molar-refractivity contribution is -0.0922. The molecule has 15 aromatic carbocycles. The maximum Gasteiger partial charge on any atom is 0.123 e. The second kappa shape index (κ2) is 49.9. The Hall–Kier alpha value is -14.7. The molecule has 678 valence electrons. The summed E-state index contributed by atoms with van der Waals surface area (Å²) in [6, 6.07) is 121. The van der Waals surface area contributed by atoms with E-state index in [0.717, 1.165) is 83.5 Å². The van der Waals surface area contributed by atoms with Gasteiger partial charge in [-0.05, 0) is 168 Å². The van der Waals surface area contributed by atoms with E-state index < -0.39 is 6.10 Å². The topological polar surface area (TPSA) is 175 Å². The Bertz CT molecular complexity index is 5080. The van der Waals surface area contributed by atoms with Crippen LogP contribution in [-0.2, 0) is 123 Å². The zero-order valence-corrected chi connectivity index (χ0v) is 74.3. The maximum atomic E-state index is 6.96. The Morgan fingerprint density at radius 2 is 0.308 bits per heavy atom. The van der Waals surface area contributed by atoms with E-state index in [-0.39, 0.29) is 52.9 Å². The minimum absolute atomic E-state index is 0.0579. The van der Waals surface area contributed by atoms with Crippen molar-refractivity contribution in [1.29, 1.82) is 0 Å². The highest BCUT2D eigenvalue weighted by molar-refractivity contribution is 5.47. The Labute approximate surface area is 777 Å². The molecule has 0 aromatic heterocycles. The minimum atomic E-state index is -0.396. The second-order valence-corrected chi connectivity index (χ2v) is 31.9. The van der Waals surface area contributed by atoms with Gasteiger partial charge in [0.05, 0.1) is 59.5 Å². The van der Waals surface area contributed by atoms with Gasteiger partial charge < -0.3 is 90.0 Å². The van der Waals surface area contributed by atoms with Crippen molar-refractivity contribution in [2.24, 2.45) is 0 Å². The Morgan fingerprint density at radius 1 is 0.158 bits per heavy atom. The fourth-order valence-electron chi connectivity index (χ4n) is 14.5. The van der Waals surface area contributed by atoms with E-state index in [2.05, 4.69) is 0 Å². The van der Waals surface area contributed by atoms with Gasteiger partial charge in [-0.25, -0.2) is 0 Å². The first kappa shape index (κ1) is 91.6. The van der Waals surface area contributed by atoms with Gasteiger partial charge in [0.2, 0.25) is 0 Å². The van der Waals surface area contributed by atoms with Gasteiger partial charge >= 0.3 is 0 Å². The molecule has 1 saturated heterocycles. The average Bonchev–Trinajstić information content (AvgIpc) is 0.844. The molecule has 0 saturated carbocycles. The molecule has 0 spiro atoms. The van der Waals surface area contributed by atoms with Crippen molar-refractivity contribution in [3.63, 3.8) is 0 Å². The van der Waals surface area contributed by atoms with Crippen molar-refractivity contribution in [3.8, 4) is 80.5 Å². The van der Waals surface area contributed by atoms with Crippen LogP contribution in [0, 0.1) is 0 Å². The van der Waals surface area contributed by atoms with Crippen molar-refractivity contribution in [1.82, 2.24) is 0 Å². The molecule has 1 aliphatic rings. The molecular weight excluding hydrogens is 1670 g/mol. The van der Waals surface area contributed by atoms with Gasteiger partial charge in [-0.2, -0.15) is 0 Å². The highest BCUT2D eigenvalue weighted by Crippen LogP contribution is 2.36. The first-order chi connectivity index (χ1) is 65.7. The van der Waals surface area contributed by atoms with Crippen LogP contribution in [0.25, 0.3) is 0 Å². The van der Waals surface area contributed by atoms with Crippen LogP contribution in [0.1, 0.15) is 83.5 Å². The van der Waals surface area contributed by atoms with Gasteiger partial charge in [0.15, 0.2) is 0 Å². The molecule has 19 heteroatoms. The SMILES string of the molecule is c1ccc(COc2cc(COc3cc(COc4cc(COCC5COCCOCCOCCO5)cc(OCc5cc(OCc6cc(OCc7ccccc7)cc(OCc7ccccc7)c6)cc(OCc6cc(OCc7ccccc7)cc(OCc7ccccc7)c6)c5)c4)cc(OCc4cc(OCc5ccccc5)cc(OCc5ccccc5)c4)c3)cc(OCc3ccccc3)c2)cc1. The molecule has 19 nitrogen and oxygen atoms in total. The van der Waals surface area contributed by atoms with Gasteiger partial charge in [-0.1, -0.05) is 243 Å². The highest BCUT2D eigenvalue weighted by atomic mass is 16.6. The summed E-state index contributed by atoms with van der Waals surface area (Å²) in [6.45, 7) is 6.68. The van der Waals surface area contributed by atoms with Crippen molar-refractivity contribution in [2.45, 2.75) is 105 Å². The number of ether oxygens (including phenoxy) is 19. The largest absolute Gasteiger partial charge is 0.489 e. The summed E-state index contributed by atoms with van der Waals surface area (Å²) in [6.07, 6.45) is -0.396. The number of benzene rings is 15. The standard InChI is InChI=1S/C114H108O19/c1-9-25-85(26-10-1)69-120-102-49-94(50-103(62-102)121-70-86-27-11-2-12-28-86)79-130-110-57-98(58-111(66-110)131-80-95-51-104(122-71-87-29-13-3-14-30-87)63-105(52-95)123-72-88-31-15-4-16-32-88)77-128-100-47-93(68-118-84-114-83-117-44-43-115-41-42-116-45-46-119-114)48-101(61-100)129-78-99-59-112(132-81-96-53-106(124-73-89-33-17-5-18-34-89)64-107(54-96)125-74-90-35-19-6-20-36-90)67-113(60-99)133-82-97-55-108(126-75-91-37-21-7-22-38-91)65-109(56-97)127-76-92-39-23-8-24-40-92/h1-40,47-67,114H,41-46,68-84H2. The number of hydrogen-bond donors (Lipinski definition) is 0. The van der Waals surface area contributed by atoms with Gasteiger partial charge in [0.1, 0.15) is 179 Å². The molecule has 0 N–H and O–H groups in total. The molecule has 16 rings (SSSR count). The lowest BCUT2D eigenvalue weighted by Crippen LogP contribution is -2.29. The predicted octanol–water partition coefficient (Wildman–Crippen LogP) is 23.8. The molecule has 0 bridgehead atoms. The van der Waals surface area contributed by atoms with E-state index >= 15 is 0 Å². The van der Waals surface area contributed by atoms with Crippen molar-refractivity contribution in [3.05, 3.63) is 454 Å². The average molecular weight is 1780 g/mol. The van der Waals surface area contributed by atoms with Crippen molar-refractivity contribution in [2.75, 3.05) is 52.9 Å². The van der Waals surface area contributed by atoms with Crippen LogP contribution in [0.3, 0.4) is 0 Å². The molecule has 1 fully saturated rings. The van der Waals surface area contributed by atoms with Gasteiger partial charge in [0, 0.05) is 42.5 Å². The van der Waals surface area contributed by atoms with Crippen LogP contribution in [-0.4, -0.2) is 59.0 Å². The third-order valence-corrected chi connectivity index (χ3v) is 21.2. The summed E-state index contributed by atoms with van der Waals surface area (Å²) in [7, 11) is 0. The van der Waals surface area contributed by atoms with E-state index in [1.54, 1.807) is 0 Å². The smallest absolute Gasteiger partial charge is 0.123 e. The van der Waals surface area contributed by atoms with E-state index in [0.29, 0.717) is 180 Å². The summed E-state index contributed by atoms with van der Waals surface area (Å²) in [5.74, 6) is 8.05. The molecule has 0 radical (unpaired) electrons. The molecule has 0 amide bonds. The van der Waals surface area contributed by atoms with Crippen LogP contribution >= 0.6 is 0 Å². The molecule has 0 aliphatic carbocycles. The Kier molecular flexibility index (Phi) is 34.4. The molecule has 15 aromatic rings. The number of rotatable bonds is 46. The van der Waals surface area contributed by atoms with Crippen LogP contribution in [0.2, 0.25) is 0 Å². The van der Waals surface area contributed by atoms with Crippen molar-refractivity contribution < 1.29 is 90.0 Å². The molecule has 133 heavy (non-hydrogen) atoms. The third kappa shape index (κ3) is 31.3. The third-order valence-electron chi connectivity index (χ3n) is 21.2. The summed E-state index contributed by atoms with van der Waals surface area (Å²) in [5, 5.41) is 0. The first-order valence-electron chi connectivity index (χ1n) is 44.8. The quantitative estimate of drug-likeness (QED) is 0.0352. The molecule has 1 unspecified atom stereocenters. The van der Waals surface area contributed by atoms with Gasteiger partial charge in [-0.3, -0.25) is 0 Å². The zero-order chi connectivity index (χ0) is 90.2. The normalized spacial score (nSPS) is 12.8. The second-order valence-electron chi connectivity index (χ2n) is 31.9. The fourth-order valence-corrected chi connectivity index (χ4v) is 14.5. The fraction of sp³-hybridized carbons (Fsp3) is 0.211. The lowest BCUT2D eigenvalue weighted by atomic mass is 10.1. The summed E-state index contributed by atoms with van der Waals surface area (Å²) >= 11 is 0. The van der Waals surface area contributed by atoms with E-state index in [4.69, 9.17) is 90.0 Å². The number of hydrogen-bond acceptors (Lipinski definition) is 19. The summed E-state index contributed by atoms with van der Waals surface area (Å²) < 4.78 is 123. The monoisotopic (exact) mass is 1780 g/mol. The van der Waals surface area contributed by atoms with Crippen LogP contribution in [0.15, 0.2) is 370 Å².